The first-order valence-electron chi connectivity index (χ1n) is 10.4. The van der Waals surface area contributed by atoms with Crippen molar-refractivity contribution in [3.05, 3.63) is 98.3 Å². The Bertz CT molecular complexity index is 1040. The summed E-state index contributed by atoms with van der Waals surface area (Å²) >= 11 is 6.43. The van der Waals surface area contributed by atoms with Crippen molar-refractivity contribution in [3.63, 3.8) is 0 Å². The molecule has 0 amide bonds. The van der Waals surface area contributed by atoms with Crippen LogP contribution < -0.4 is 0 Å². The van der Waals surface area contributed by atoms with E-state index in [4.69, 9.17) is 11.6 Å². The number of hydrogen-bond donors (Lipinski definition) is 0. The predicted octanol–water partition coefficient (Wildman–Crippen LogP) is 6.17. The molecule has 2 heterocycles. The predicted molar refractivity (Wildman–Crippen MR) is 120 cm³/mol. The standard InChI is InChI=1S/C24H26ClN3O2/c1-17(2)18-6-8-19(9-7-18)24-23-5-3-12-26(23)13-4-14-27(24)16-20-15-21(28(29)30)10-11-22(20)25/h3,5-12,15,17,24H,4,13-14,16H2,1-2H3/t24-/m0/s1. The zero-order valence-corrected chi connectivity index (χ0v) is 18.0. The number of halogens is 1. The second-order valence-corrected chi connectivity index (χ2v) is 8.61. The molecule has 1 aromatic heterocycles. The number of aryl methyl sites for hydroxylation is 1. The summed E-state index contributed by atoms with van der Waals surface area (Å²) in [6.07, 6.45) is 3.14. The van der Waals surface area contributed by atoms with Gasteiger partial charge in [-0.1, -0.05) is 49.7 Å². The van der Waals surface area contributed by atoms with Crippen molar-refractivity contribution in [1.29, 1.82) is 0 Å². The Morgan fingerprint density at radius 3 is 2.60 bits per heavy atom. The minimum absolute atomic E-state index is 0.0686. The van der Waals surface area contributed by atoms with Crippen LogP contribution in [-0.4, -0.2) is 20.9 Å². The van der Waals surface area contributed by atoms with Gasteiger partial charge in [-0.25, -0.2) is 0 Å². The van der Waals surface area contributed by atoms with Crippen LogP contribution in [-0.2, 0) is 13.1 Å². The Kier molecular flexibility index (Phi) is 5.93. The fourth-order valence-electron chi connectivity index (χ4n) is 4.27. The van der Waals surface area contributed by atoms with Crippen molar-refractivity contribution in [2.75, 3.05) is 6.54 Å². The van der Waals surface area contributed by atoms with Crippen LogP contribution in [0.2, 0.25) is 5.02 Å². The van der Waals surface area contributed by atoms with Gasteiger partial charge < -0.3 is 4.57 Å². The van der Waals surface area contributed by atoms with Crippen LogP contribution in [0.15, 0.2) is 60.8 Å². The van der Waals surface area contributed by atoms with Gasteiger partial charge in [0, 0.05) is 48.7 Å². The first-order chi connectivity index (χ1) is 14.4. The summed E-state index contributed by atoms with van der Waals surface area (Å²) in [6.45, 7) is 6.80. The average molecular weight is 424 g/mol. The minimum atomic E-state index is -0.366. The van der Waals surface area contributed by atoms with Crippen LogP contribution in [0.25, 0.3) is 0 Å². The number of nitro groups is 1. The molecule has 0 unspecified atom stereocenters. The molecule has 0 radical (unpaired) electrons. The highest BCUT2D eigenvalue weighted by atomic mass is 35.5. The van der Waals surface area contributed by atoms with E-state index in [9.17, 15) is 10.1 Å². The van der Waals surface area contributed by atoms with Crippen LogP contribution in [0.1, 0.15) is 54.6 Å². The smallest absolute Gasteiger partial charge is 0.269 e. The Morgan fingerprint density at radius 2 is 1.90 bits per heavy atom. The van der Waals surface area contributed by atoms with Gasteiger partial charge in [0.25, 0.3) is 5.69 Å². The molecular formula is C24H26ClN3O2. The van der Waals surface area contributed by atoms with Crippen molar-refractivity contribution >= 4 is 17.3 Å². The minimum Gasteiger partial charge on any atom is -0.350 e. The molecule has 0 fully saturated rings. The Hall–Kier alpha value is -2.63. The second-order valence-electron chi connectivity index (χ2n) is 8.21. The van der Waals surface area contributed by atoms with Crippen molar-refractivity contribution in [2.45, 2.75) is 45.3 Å². The molecular weight excluding hydrogens is 398 g/mol. The van der Waals surface area contributed by atoms with E-state index in [0.717, 1.165) is 25.1 Å². The van der Waals surface area contributed by atoms with Gasteiger partial charge in [0.1, 0.15) is 0 Å². The molecule has 4 rings (SSSR count). The van der Waals surface area contributed by atoms with Gasteiger partial charge >= 0.3 is 0 Å². The molecule has 0 bridgehead atoms. The normalized spacial score (nSPS) is 17.0. The highest BCUT2D eigenvalue weighted by Gasteiger charge is 2.28. The largest absolute Gasteiger partial charge is 0.350 e. The number of nitro benzene ring substituents is 1. The summed E-state index contributed by atoms with van der Waals surface area (Å²) < 4.78 is 2.32. The number of fused-ring (bicyclic) bond motifs is 1. The summed E-state index contributed by atoms with van der Waals surface area (Å²) in [7, 11) is 0. The number of rotatable bonds is 5. The third-order valence-electron chi connectivity index (χ3n) is 5.89. The Balaban J connectivity index is 1.74. The molecule has 0 spiro atoms. The van der Waals surface area contributed by atoms with Crippen LogP contribution in [0, 0.1) is 10.1 Å². The first-order valence-corrected chi connectivity index (χ1v) is 10.7. The van der Waals surface area contributed by atoms with E-state index < -0.39 is 0 Å². The van der Waals surface area contributed by atoms with Gasteiger partial charge in [-0.05, 0) is 47.2 Å². The molecule has 0 saturated heterocycles. The summed E-state index contributed by atoms with van der Waals surface area (Å²) in [4.78, 5) is 13.3. The number of nitrogens with zero attached hydrogens (tertiary/aromatic N) is 3. The van der Waals surface area contributed by atoms with Crippen molar-refractivity contribution in [1.82, 2.24) is 9.47 Å². The summed E-state index contributed by atoms with van der Waals surface area (Å²) in [5.74, 6) is 0.483. The Morgan fingerprint density at radius 1 is 1.13 bits per heavy atom. The molecule has 3 aromatic rings. The number of benzene rings is 2. The van der Waals surface area contributed by atoms with Crippen molar-refractivity contribution < 1.29 is 4.92 Å². The molecule has 0 aliphatic carbocycles. The lowest BCUT2D eigenvalue weighted by Crippen LogP contribution is -2.29. The van der Waals surface area contributed by atoms with Gasteiger partial charge in [-0.2, -0.15) is 0 Å². The highest BCUT2D eigenvalue weighted by molar-refractivity contribution is 6.31. The number of aromatic nitrogens is 1. The maximum atomic E-state index is 11.3. The van der Waals surface area contributed by atoms with Crippen LogP contribution in [0.5, 0.6) is 0 Å². The number of hydrogen-bond acceptors (Lipinski definition) is 3. The highest BCUT2D eigenvalue weighted by Crippen LogP contribution is 2.35. The van der Waals surface area contributed by atoms with E-state index in [0.29, 0.717) is 17.5 Å². The molecule has 156 valence electrons. The zero-order chi connectivity index (χ0) is 21.3. The topological polar surface area (TPSA) is 51.3 Å². The lowest BCUT2D eigenvalue weighted by Gasteiger charge is -2.31. The van der Waals surface area contributed by atoms with E-state index in [2.05, 4.69) is 65.9 Å². The fraction of sp³-hybridized carbons (Fsp3) is 0.333. The summed E-state index contributed by atoms with van der Waals surface area (Å²) in [5.41, 5.74) is 4.64. The molecule has 1 atom stereocenters. The quantitative estimate of drug-likeness (QED) is 0.364. The average Bonchev–Trinajstić information content (AvgIpc) is 3.11. The van der Waals surface area contributed by atoms with Gasteiger partial charge in [0.05, 0.1) is 11.0 Å². The second kappa shape index (κ2) is 8.62. The molecule has 5 nitrogen and oxygen atoms in total. The molecule has 0 saturated carbocycles. The third-order valence-corrected chi connectivity index (χ3v) is 6.26. The molecule has 30 heavy (non-hydrogen) atoms. The van der Waals surface area contributed by atoms with E-state index in [1.165, 1.54) is 22.9 Å². The van der Waals surface area contributed by atoms with E-state index in [-0.39, 0.29) is 16.7 Å². The van der Waals surface area contributed by atoms with Crippen LogP contribution in [0.3, 0.4) is 0 Å². The van der Waals surface area contributed by atoms with Crippen LogP contribution >= 0.6 is 11.6 Å². The molecule has 2 aromatic carbocycles. The molecule has 1 aliphatic heterocycles. The van der Waals surface area contributed by atoms with Crippen LogP contribution in [0.4, 0.5) is 5.69 Å². The van der Waals surface area contributed by atoms with Crippen molar-refractivity contribution in [3.8, 4) is 0 Å². The zero-order valence-electron chi connectivity index (χ0n) is 17.3. The van der Waals surface area contributed by atoms with E-state index >= 15 is 0 Å². The maximum absolute atomic E-state index is 11.3. The van der Waals surface area contributed by atoms with Gasteiger partial charge in [0.15, 0.2) is 0 Å². The summed E-state index contributed by atoms with van der Waals surface area (Å²) in [6, 6.07) is 17.9. The SMILES string of the molecule is CC(C)c1ccc([C@H]2c3cccn3CCCN2Cc2cc([N+](=O)[O-])ccc2Cl)cc1. The fourth-order valence-corrected chi connectivity index (χ4v) is 4.45. The van der Waals surface area contributed by atoms with Crippen molar-refractivity contribution in [2.24, 2.45) is 0 Å². The van der Waals surface area contributed by atoms with Gasteiger partial charge in [-0.3, -0.25) is 15.0 Å². The Labute approximate surface area is 182 Å². The summed E-state index contributed by atoms with van der Waals surface area (Å²) in [5, 5.41) is 11.8. The monoisotopic (exact) mass is 423 g/mol. The lowest BCUT2D eigenvalue weighted by molar-refractivity contribution is -0.384. The lowest BCUT2D eigenvalue weighted by atomic mass is 9.96. The van der Waals surface area contributed by atoms with E-state index in [1.54, 1.807) is 12.1 Å². The maximum Gasteiger partial charge on any atom is 0.269 e. The third kappa shape index (κ3) is 4.13. The van der Waals surface area contributed by atoms with Gasteiger partial charge in [-0.15, -0.1) is 0 Å². The molecule has 1 aliphatic rings. The first kappa shape index (κ1) is 20.6. The van der Waals surface area contributed by atoms with E-state index in [1.807, 2.05) is 0 Å². The van der Waals surface area contributed by atoms with Gasteiger partial charge in [0.2, 0.25) is 0 Å². The number of non-ortho nitro benzene ring substituents is 1. The molecule has 6 heteroatoms. The molecule has 0 N–H and O–H groups in total.